The predicted octanol–water partition coefficient (Wildman–Crippen LogP) is 6.70. The molecular formula is C29H23Cl2N5O6S. The van der Waals surface area contributed by atoms with Crippen molar-refractivity contribution < 1.29 is 23.9 Å². The second kappa shape index (κ2) is 12.1. The van der Waals surface area contributed by atoms with Crippen LogP contribution in [0.25, 0.3) is 11.3 Å². The molecule has 1 amide bonds. The lowest BCUT2D eigenvalue weighted by molar-refractivity contribution is -0.385. The molecule has 1 fully saturated rings. The maximum Gasteiger partial charge on any atom is 0.414 e. The first-order valence-electron chi connectivity index (χ1n) is 13.1. The summed E-state index contributed by atoms with van der Waals surface area (Å²) in [5, 5.41) is 19.5. The number of ether oxygens (including phenoxy) is 3. The summed E-state index contributed by atoms with van der Waals surface area (Å²) in [5.74, 6) is 0.714. The maximum atomic E-state index is 12.0. The van der Waals surface area contributed by atoms with Gasteiger partial charge in [-0.05, 0) is 42.8 Å². The first-order chi connectivity index (χ1) is 20.8. The van der Waals surface area contributed by atoms with E-state index < -0.39 is 4.92 Å². The van der Waals surface area contributed by atoms with Gasteiger partial charge in [-0.3, -0.25) is 15.0 Å². The minimum atomic E-state index is -0.489. The highest BCUT2D eigenvalue weighted by molar-refractivity contribution is 7.07. The standard InChI is InChI=1S/C29H23Cl2N5O6S/c1-17(22-7-4-20(30)13-23(22)31)33-28-35(32-15-19-12-26-27(41-11-10-40-26)14-24(19)36(38)39)25(16-43-28)18-2-5-21(6-3-18)34-8-9-42-29(34)37/h2-7,12-17H,8-11H2,1H3/b32-15+,33-28?. The molecule has 0 spiro atoms. The third kappa shape index (κ3) is 5.94. The van der Waals surface area contributed by atoms with Crippen LogP contribution in [0.2, 0.25) is 10.0 Å². The number of carbonyl (C=O) groups is 1. The Labute approximate surface area is 259 Å². The zero-order chi connectivity index (χ0) is 30.1. The normalized spacial score (nSPS) is 15.7. The largest absolute Gasteiger partial charge is 0.486 e. The smallest absolute Gasteiger partial charge is 0.414 e. The van der Waals surface area contributed by atoms with Crippen LogP contribution in [0.3, 0.4) is 0 Å². The summed E-state index contributed by atoms with van der Waals surface area (Å²) < 4.78 is 17.8. The van der Waals surface area contributed by atoms with E-state index in [9.17, 15) is 14.9 Å². The second-order valence-electron chi connectivity index (χ2n) is 9.56. The Bertz CT molecular complexity index is 1820. The number of benzene rings is 3. The van der Waals surface area contributed by atoms with Gasteiger partial charge in [0.2, 0.25) is 4.80 Å². The van der Waals surface area contributed by atoms with E-state index in [1.165, 1.54) is 23.6 Å². The average molecular weight is 641 g/mol. The van der Waals surface area contributed by atoms with E-state index >= 15 is 0 Å². The lowest BCUT2D eigenvalue weighted by Gasteiger charge is -2.18. The zero-order valence-corrected chi connectivity index (χ0v) is 24.9. The predicted molar refractivity (Wildman–Crippen MR) is 164 cm³/mol. The number of amides is 1. The number of nitro groups is 1. The van der Waals surface area contributed by atoms with E-state index in [0.717, 1.165) is 11.1 Å². The third-order valence-electron chi connectivity index (χ3n) is 6.84. The van der Waals surface area contributed by atoms with Crippen LogP contribution in [-0.4, -0.2) is 48.3 Å². The molecule has 1 saturated heterocycles. The monoisotopic (exact) mass is 639 g/mol. The van der Waals surface area contributed by atoms with E-state index in [-0.39, 0.29) is 23.4 Å². The van der Waals surface area contributed by atoms with Crippen molar-refractivity contribution in [2.75, 3.05) is 31.3 Å². The fourth-order valence-electron chi connectivity index (χ4n) is 4.69. The van der Waals surface area contributed by atoms with Crippen LogP contribution in [0.4, 0.5) is 16.2 Å². The zero-order valence-electron chi connectivity index (χ0n) is 22.6. The Morgan fingerprint density at radius 3 is 2.44 bits per heavy atom. The summed E-state index contributed by atoms with van der Waals surface area (Å²) in [7, 11) is 0. The summed E-state index contributed by atoms with van der Waals surface area (Å²) in [6.07, 6.45) is 1.01. The Morgan fingerprint density at radius 2 is 1.77 bits per heavy atom. The van der Waals surface area contributed by atoms with Crippen LogP contribution < -0.4 is 19.2 Å². The Morgan fingerprint density at radius 1 is 1.02 bits per heavy atom. The quantitative estimate of drug-likeness (QED) is 0.126. The number of rotatable bonds is 7. The van der Waals surface area contributed by atoms with Gasteiger partial charge in [0.25, 0.3) is 5.69 Å². The van der Waals surface area contributed by atoms with Gasteiger partial charge in [0.15, 0.2) is 11.5 Å². The molecule has 6 rings (SSSR count). The number of thiazole rings is 1. The van der Waals surface area contributed by atoms with E-state index in [1.807, 2.05) is 42.6 Å². The molecule has 0 bridgehead atoms. The van der Waals surface area contributed by atoms with Gasteiger partial charge < -0.3 is 14.2 Å². The van der Waals surface area contributed by atoms with E-state index in [2.05, 4.69) is 5.10 Å². The molecule has 14 heteroatoms. The topological polar surface area (TPSA) is 121 Å². The summed E-state index contributed by atoms with van der Waals surface area (Å²) in [5.41, 5.74) is 3.03. The number of hydrogen-bond donors (Lipinski definition) is 0. The van der Waals surface area contributed by atoms with Gasteiger partial charge in [0.05, 0.1) is 41.0 Å². The molecule has 0 N–H and O–H groups in total. The number of aromatic nitrogens is 1. The van der Waals surface area contributed by atoms with Crippen molar-refractivity contribution in [3.63, 3.8) is 0 Å². The van der Waals surface area contributed by atoms with Crippen molar-refractivity contribution in [3.05, 3.63) is 96.1 Å². The average Bonchev–Trinajstić information content (AvgIpc) is 3.61. The van der Waals surface area contributed by atoms with Crippen molar-refractivity contribution in [1.29, 1.82) is 0 Å². The van der Waals surface area contributed by atoms with Crippen LogP contribution in [0.1, 0.15) is 24.1 Å². The van der Waals surface area contributed by atoms with Crippen LogP contribution in [0.15, 0.2) is 70.1 Å². The number of hydrogen-bond acceptors (Lipinski definition) is 9. The molecule has 0 saturated carbocycles. The number of halogens is 2. The summed E-state index contributed by atoms with van der Waals surface area (Å²) in [4.78, 5) is 30.4. The molecule has 43 heavy (non-hydrogen) atoms. The summed E-state index contributed by atoms with van der Waals surface area (Å²) >= 11 is 13.9. The second-order valence-corrected chi connectivity index (χ2v) is 11.2. The molecule has 4 aromatic rings. The lowest BCUT2D eigenvalue weighted by Crippen LogP contribution is -2.23. The van der Waals surface area contributed by atoms with Crippen LogP contribution in [0.5, 0.6) is 11.5 Å². The number of fused-ring (bicyclic) bond motifs is 1. The van der Waals surface area contributed by atoms with Crippen molar-refractivity contribution in [2.45, 2.75) is 13.0 Å². The molecule has 0 radical (unpaired) electrons. The SMILES string of the molecule is CC(N=c1scc(-c2ccc(N3CCOC3=O)cc2)n1/N=C/c1cc2c(cc1[N+](=O)[O-])OCCO2)c1ccc(Cl)cc1Cl. The number of anilines is 1. The maximum absolute atomic E-state index is 12.0. The Hall–Kier alpha value is -4.39. The first kappa shape index (κ1) is 28.7. The van der Waals surface area contributed by atoms with Gasteiger partial charge in [-0.15, -0.1) is 11.3 Å². The molecule has 1 aromatic heterocycles. The molecule has 0 aliphatic carbocycles. The fraction of sp³-hybridized carbons (Fsp3) is 0.207. The summed E-state index contributed by atoms with van der Waals surface area (Å²) in [6.45, 7) is 3.36. The Balaban J connectivity index is 1.44. The number of carbonyl (C=O) groups excluding carboxylic acids is 1. The van der Waals surface area contributed by atoms with Gasteiger partial charge in [0.1, 0.15) is 19.8 Å². The van der Waals surface area contributed by atoms with Gasteiger partial charge in [0, 0.05) is 26.7 Å². The van der Waals surface area contributed by atoms with Gasteiger partial charge in [-0.2, -0.15) is 5.10 Å². The van der Waals surface area contributed by atoms with Crippen LogP contribution in [-0.2, 0) is 4.74 Å². The highest BCUT2D eigenvalue weighted by Crippen LogP contribution is 2.36. The summed E-state index contributed by atoms with van der Waals surface area (Å²) in [6, 6.07) is 15.1. The molecule has 3 aromatic carbocycles. The highest BCUT2D eigenvalue weighted by Gasteiger charge is 2.24. The minimum absolute atomic E-state index is 0.174. The van der Waals surface area contributed by atoms with Crippen molar-refractivity contribution in [3.8, 4) is 22.8 Å². The number of nitrogens with zero attached hydrogens (tertiary/aromatic N) is 5. The lowest BCUT2D eigenvalue weighted by atomic mass is 10.1. The van der Waals surface area contributed by atoms with Crippen molar-refractivity contribution >= 4 is 58.2 Å². The number of cyclic esters (lactones) is 1. The molecule has 220 valence electrons. The minimum Gasteiger partial charge on any atom is -0.486 e. The third-order valence-corrected chi connectivity index (χ3v) is 8.23. The first-order valence-corrected chi connectivity index (χ1v) is 14.8. The molecule has 3 heterocycles. The van der Waals surface area contributed by atoms with Crippen molar-refractivity contribution in [1.82, 2.24) is 4.68 Å². The fourth-order valence-corrected chi connectivity index (χ4v) is 6.17. The molecule has 1 unspecified atom stereocenters. The van der Waals surface area contributed by atoms with Gasteiger partial charge >= 0.3 is 6.09 Å². The van der Waals surface area contributed by atoms with E-state index in [4.69, 9.17) is 42.4 Å². The van der Waals surface area contributed by atoms with Crippen LogP contribution in [0, 0.1) is 10.1 Å². The highest BCUT2D eigenvalue weighted by atomic mass is 35.5. The molecule has 2 aliphatic heterocycles. The molecule has 11 nitrogen and oxygen atoms in total. The molecular weight excluding hydrogens is 617 g/mol. The van der Waals surface area contributed by atoms with Crippen molar-refractivity contribution in [2.24, 2.45) is 10.1 Å². The van der Waals surface area contributed by atoms with E-state index in [1.54, 1.807) is 27.8 Å². The van der Waals surface area contributed by atoms with Gasteiger partial charge in [-0.1, -0.05) is 41.4 Å². The molecule has 2 aliphatic rings. The number of nitro benzene ring substituents is 1. The van der Waals surface area contributed by atoms with Crippen LogP contribution >= 0.6 is 34.5 Å². The Kier molecular flexibility index (Phi) is 8.06. The van der Waals surface area contributed by atoms with Gasteiger partial charge in [-0.25, -0.2) is 14.5 Å². The molecule has 1 atom stereocenters. The van der Waals surface area contributed by atoms with E-state index in [0.29, 0.717) is 64.1 Å².